The van der Waals surface area contributed by atoms with Crippen molar-refractivity contribution < 1.29 is 17.9 Å². The Labute approximate surface area is 218 Å². The molecule has 1 N–H and O–H groups in total. The van der Waals surface area contributed by atoms with Gasteiger partial charge in [0.1, 0.15) is 5.75 Å². The van der Waals surface area contributed by atoms with E-state index in [-0.39, 0.29) is 37.2 Å². The van der Waals surface area contributed by atoms with Gasteiger partial charge in [-0.25, -0.2) is 8.42 Å². The number of sulfonamides is 1. The third-order valence-electron chi connectivity index (χ3n) is 4.86. The zero-order valence-electron chi connectivity index (χ0n) is 17.9. The Balaban J connectivity index is 1.87. The van der Waals surface area contributed by atoms with E-state index >= 15 is 0 Å². The molecule has 3 aromatic rings. The number of halogens is 4. The molecule has 0 aromatic heterocycles. The summed E-state index contributed by atoms with van der Waals surface area (Å²) in [6, 6.07) is 16.3. The van der Waals surface area contributed by atoms with Crippen LogP contribution < -0.4 is 10.1 Å². The number of rotatable bonds is 9. The maximum Gasteiger partial charge on any atom is 0.243 e. The lowest BCUT2D eigenvalue weighted by molar-refractivity contribution is -0.116. The number of anilines is 1. The highest BCUT2D eigenvalue weighted by Crippen LogP contribution is 2.32. The molecule has 0 spiro atoms. The number of ether oxygens (including phenoxy) is 1. The van der Waals surface area contributed by atoms with E-state index in [2.05, 4.69) is 5.32 Å². The van der Waals surface area contributed by atoms with Crippen molar-refractivity contribution in [3.05, 3.63) is 86.3 Å². The quantitative estimate of drug-likeness (QED) is 0.316. The number of nitrogens with zero attached hydrogens (tertiary/aromatic N) is 1. The van der Waals surface area contributed by atoms with Crippen molar-refractivity contribution in [2.24, 2.45) is 0 Å². The Kier molecular flexibility index (Phi) is 9.09. The van der Waals surface area contributed by atoms with Crippen LogP contribution in [-0.2, 0) is 21.2 Å². The van der Waals surface area contributed by atoms with Crippen molar-refractivity contribution in [1.82, 2.24) is 4.31 Å². The second-order valence-corrected chi connectivity index (χ2v) is 10.7. The summed E-state index contributed by atoms with van der Waals surface area (Å²) in [5.41, 5.74) is 1.14. The van der Waals surface area contributed by atoms with Crippen LogP contribution in [0.4, 0.5) is 5.69 Å². The lowest BCUT2D eigenvalue weighted by atomic mass is 10.1. The fourth-order valence-electron chi connectivity index (χ4n) is 3.11. The average molecular weight is 562 g/mol. The highest BCUT2D eigenvalue weighted by molar-refractivity contribution is 7.89. The minimum absolute atomic E-state index is 0.0541. The van der Waals surface area contributed by atoms with Crippen LogP contribution >= 0.6 is 46.4 Å². The topological polar surface area (TPSA) is 75.7 Å². The molecular formula is C23H20Cl4N2O4S. The number of nitrogens with one attached hydrogen (secondary N) is 1. The van der Waals surface area contributed by atoms with Crippen molar-refractivity contribution in [3.63, 3.8) is 0 Å². The molecule has 11 heteroatoms. The van der Waals surface area contributed by atoms with Gasteiger partial charge >= 0.3 is 0 Å². The Bertz CT molecular complexity index is 1290. The first-order valence-corrected chi connectivity index (χ1v) is 12.9. The normalized spacial score (nSPS) is 11.5. The summed E-state index contributed by atoms with van der Waals surface area (Å²) >= 11 is 24.2. The fraction of sp³-hybridized carbons (Fsp3) is 0.174. The van der Waals surface area contributed by atoms with E-state index in [9.17, 15) is 13.2 Å². The number of amides is 1. The first kappa shape index (κ1) is 26.6. The molecule has 0 aliphatic rings. The van der Waals surface area contributed by atoms with Gasteiger partial charge in [0.05, 0.1) is 44.3 Å². The predicted octanol–water partition coefficient (Wildman–Crippen LogP) is 6.18. The molecule has 6 nitrogen and oxygen atoms in total. The van der Waals surface area contributed by atoms with Gasteiger partial charge in [-0.3, -0.25) is 4.79 Å². The third kappa shape index (κ3) is 6.56. The van der Waals surface area contributed by atoms with Gasteiger partial charge < -0.3 is 10.1 Å². The zero-order valence-corrected chi connectivity index (χ0v) is 21.7. The number of hydrogen-bond donors (Lipinski definition) is 1. The van der Waals surface area contributed by atoms with Crippen LogP contribution in [-0.4, -0.2) is 38.8 Å². The van der Waals surface area contributed by atoms with Crippen LogP contribution in [0.1, 0.15) is 5.56 Å². The van der Waals surface area contributed by atoms with Gasteiger partial charge in [0, 0.05) is 6.54 Å². The predicted molar refractivity (Wildman–Crippen MR) is 137 cm³/mol. The smallest absolute Gasteiger partial charge is 0.243 e. The number of carbonyl (C=O) groups excluding carboxylic acids is 1. The van der Waals surface area contributed by atoms with E-state index in [1.807, 2.05) is 30.3 Å². The summed E-state index contributed by atoms with van der Waals surface area (Å²) in [5, 5.41) is 3.33. The summed E-state index contributed by atoms with van der Waals surface area (Å²) in [5.74, 6) is -0.264. The van der Waals surface area contributed by atoms with Crippen molar-refractivity contribution in [2.45, 2.75) is 11.3 Å². The maximum absolute atomic E-state index is 13.4. The lowest BCUT2D eigenvalue weighted by Crippen LogP contribution is -2.39. The monoisotopic (exact) mass is 560 g/mol. The minimum atomic E-state index is -4.08. The second-order valence-electron chi connectivity index (χ2n) is 7.16. The summed E-state index contributed by atoms with van der Waals surface area (Å²) < 4.78 is 33.1. The Morgan fingerprint density at radius 3 is 2.24 bits per heavy atom. The molecule has 0 radical (unpaired) electrons. The van der Waals surface area contributed by atoms with Crippen LogP contribution in [0.5, 0.6) is 5.75 Å². The van der Waals surface area contributed by atoms with Crippen LogP contribution in [0.15, 0.2) is 65.6 Å². The fourth-order valence-corrected chi connectivity index (χ4v) is 5.45. The Morgan fingerprint density at radius 2 is 1.59 bits per heavy atom. The van der Waals surface area contributed by atoms with E-state index in [1.165, 1.54) is 37.4 Å². The van der Waals surface area contributed by atoms with Crippen LogP contribution in [0.25, 0.3) is 0 Å². The number of benzene rings is 3. The molecule has 0 atom stereocenters. The second kappa shape index (κ2) is 11.6. The molecule has 1 amide bonds. The molecule has 0 saturated heterocycles. The van der Waals surface area contributed by atoms with E-state index in [0.717, 1.165) is 9.87 Å². The van der Waals surface area contributed by atoms with Crippen molar-refractivity contribution in [1.29, 1.82) is 0 Å². The van der Waals surface area contributed by atoms with Crippen molar-refractivity contribution in [3.8, 4) is 5.75 Å². The van der Waals surface area contributed by atoms with E-state index in [4.69, 9.17) is 51.1 Å². The molecular weight excluding hydrogens is 542 g/mol. The molecule has 0 aliphatic heterocycles. The van der Waals surface area contributed by atoms with Gasteiger partial charge in [-0.1, -0.05) is 76.7 Å². The van der Waals surface area contributed by atoms with Gasteiger partial charge in [-0.2, -0.15) is 4.31 Å². The maximum atomic E-state index is 13.4. The van der Waals surface area contributed by atoms with Gasteiger partial charge in [0.15, 0.2) is 0 Å². The summed E-state index contributed by atoms with van der Waals surface area (Å²) in [7, 11) is -2.65. The highest BCUT2D eigenvalue weighted by atomic mass is 35.5. The Morgan fingerprint density at radius 1 is 0.912 bits per heavy atom. The summed E-state index contributed by atoms with van der Waals surface area (Å²) in [6.45, 7) is -0.409. The number of methoxy groups -OCH3 is 1. The molecule has 3 aromatic carbocycles. The lowest BCUT2D eigenvalue weighted by Gasteiger charge is -2.22. The van der Waals surface area contributed by atoms with Gasteiger partial charge in [0.2, 0.25) is 15.9 Å². The molecule has 0 unspecified atom stereocenters. The standard InChI is InChI=1S/C23H20Cl4N2O4S/c1-33-22-8-7-16(11-20(22)27)34(31,32)29(10-9-15-5-3-2-4-6-15)14-23(30)28-21-13-18(25)17(24)12-19(21)26/h2-8,11-13H,9-10,14H2,1H3,(H,28,30). The van der Waals surface area contributed by atoms with Crippen molar-refractivity contribution >= 4 is 68.0 Å². The molecule has 34 heavy (non-hydrogen) atoms. The number of hydrogen-bond acceptors (Lipinski definition) is 4. The average Bonchev–Trinajstić information content (AvgIpc) is 2.80. The summed E-state index contributed by atoms with van der Waals surface area (Å²) in [6.07, 6.45) is 0.394. The highest BCUT2D eigenvalue weighted by Gasteiger charge is 2.27. The van der Waals surface area contributed by atoms with Crippen LogP contribution in [0.2, 0.25) is 20.1 Å². The first-order chi connectivity index (χ1) is 16.1. The van der Waals surface area contributed by atoms with Crippen molar-refractivity contribution in [2.75, 3.05) is 25.5 Å². The van der Waals surface area contributed by atoms with Crippen LogP contribution in [0, 0.1) is 0 Å². The third-order valence-corrected chi connectivity index (χ3v) is 8.03. The number of carbonyl (C=O) groups is 1. The largest absolute Gasteiger partial charge is 0.495 e. The first-order valence-electron chi connectivity index (χ1n) is 9.94. The zero-order chi connectivity index (χ0) is 24.9. The van der Waals surface area contributed by atoms with Gasteiger partial charge in [-0.05, 0) is 42.3 Å². The van der Waals surface area contributed by atoms with E-state index < -0.39 is 22.5 Å². The minimum Gasteiger partial charge on any atom is -0.495 e. The molecule has 0 saturated carbocycles. The molecule has 3 rings (SSSR count). The molecule has 0 bridgehead atoms. The van der Waals surface area contributed by atoms with Crippen LogP contribution in [0.3, 0.4) is 0 Å². The summed E-state index contributed by atoms with van der Waals surface area (Å²) in [4.78, 5) is 12.8. The van der Waals surface area contributed by atoms with E-state index in [1.54, 1.807) is 0 Å². The van der Waals surface area contributed by atoms with Gasteiger partial charge in [-0.15, -0.1) is 0 Å². The SMILES string of the molecule is COc1ccc(S(=O)(=O)N(CCc2ccccc2)CC(=O)Nc2cc(Cl)c(Cl)cc2Cl)cc1Cl. The molecule has 0 fully saturated rings. The Hall–Kier alpha value is -2.00. The van der Waals surface area contributed by atoms with Gasteiger partial charge in [0.25, 0.3) is 0 Å². The molecule has 0 heterocycles. The molecule has 0 aliphatic carbocycles. The van der Waals surface area contributed by atoms with E-state index in [0.29, 0.717) is 12.2 Å². The molecule has 180 valence electrons.